The van der Waals surface area contributed by atoms with Gasteiger partial charge in [0.25, 0.3) is 0 Å². The third-order valence-electron chi connectivity index (χ3n) is 2.56. The van der Waals surface area contributed by atoms with Gasteiger partial charge in [0.15, 0.2) is 0 Å². The first-order valence-electron chi connectivity index (χ1n) is 5.66. The van der Waals surface area contributed by atoms with Gasteiger partial charge in [-0.3, -0.25) is 4.79 Å². The molecule has 1 rings (SSSR count). The van der Waals surface area contributed by atoms with Crippen LogP contribution >= 0.6 is 12.2 Å². The van der Waals surface area contributed by atoms with Gasteiger partial charge in [-0.2, -0.15) is 0 Å². The molecule has 18 heavy (non-hydrogen) atoms. The van der Waals surface area contributed by atoms with Gasteiger partial charge >= 0.3 is 0 Å². The molecule has 0 saturated carbocycles. The molecule has 0 unspecified atom stereocenters. The Hall–Kier alpha value is -1.69. The average molecular weight is 266 g/mol. The first-order valence-corrected chi connectivity index (χ1v) is 6.07. The number of hydrogen-bond acceptors (Lipinski definition) is 4. The molecule has 0 atom stereocenters. The lowest BCUT2D eigenvalue weighted by Crippen LogP contribution is -2.37. The van der Waals surface area contributed by atoms with Gasteiger partial charge in [0, 0.05) is 32.4 Å². The van der Waals surface area contributed by atoms with Crippen molar-refractivity contribution in [3.8, 4) is 0 Å². The van der Waals surface area contributed by atoms with Crippen LogP contribution in [-0.4, -0.2) is 48.0 Å². The summed E-state index contributed by atoms with van der Waals surface area (Å²) in [5.74, 6) is 0.734. The highest BCUT2D eigenvalue weighted by Crippen LogP contribution is 2.12. The van der Waals surface area contributed by atoms with Gasteiger partial charge in [0.1, 0.15) is 10.8 Å². The molecule has 2 N–H and O–H groups in total. The number of thiocarbonyl (C=S) groups is 1. The lowest BCUT2D eigenvalue weighted by molar-refractivity contribution is -0.127. The summed E-state index contributed by atoms with van der Waals surface area (Å²) in [6.45, 7) is 2.95. The highest BCUT2D eigenvalue weighted by atomic mass is 32.1. The number of aromatic nitrogens is 1. The quantitative estimate of drug-likeness (QED) is 0.792. The second-order valence-electron chi connectivity index (χ2n) is 4.07. The van der Waals surface area contributed by atoms with Crippen molar-refractivity contribution >= 4 is 28.9 Å². The fourth-order valence-electron chi connectivity index (χ4n) is 1.40. The number of pyridine rings is 1. The van der Waals surface area contributed by atoms with E-state index in [9.17, 15) is 4.79 Å². The molecule has 0 aromatic carbocycles. The van der Waals surface area contributed by atoms with Crippen molar-refractivity contribution in [2.24, 2.45) is 5.73 Å². The number of likely N-dealkylation sites (N-methyl/N-ethyl adjacent to an activating group) is 2. The SMILES string of the molecule is CCN(CC(=O)N(C)C)c1cc(C(N)=S)ccn1. The summed E-state index contributed by atoms with van der Waals surface area (Å²) >= 11 is 4.93. The van der Waals surface area contributed by atoms with Crippen LogP contribution in [0.25, 0.3) is 0 Å². The van der Waals surface area contributed by atoms with E-state index >= 15 is 0 Å². The Morgan fingerprint density at radius 3 is 2.67 bits per heavy atom. The lowest BCUT2D eigenvalue weighted by atomic mass is 10.2. The molecule has 6 heteroatoms. The van der Waals surface area contributed by atoms with Gasteiger partial charge in [0.05, 0.1) is 6.54 Å². The molecule has 0 radical (unpaired) electrons. The largest absolute Gasteiger partial charge is 0.389 e. The Kier molecular flexibility index (Phi) is 5.03. The summed E-state index contributed by atoms with van der Waals surface area (Å²) in [4.78, 5) is 19.7. The molecular weight excluding hydrogens is 248 g/mol. The third kappa shape index (κ3) is 3.66. The molecule has 0 aliphatic rings. The average Bonchev–Trinajstić information content (AvgIpc) is 2.35. The van der Waals surface area contributed by atoms with E-state index in [0.29, 0.717) is 17.4 Å². The molecule has 1 aromatic heterocycles. The van der Waals surface area contributed by atoms with Crippen molar-refractivity contribution in [2.75, 3.05) is 32.1 Å². The van der Waals surface area contributed by atoms with Crippen molar-refractivity contribution in [3.05, 3.63) is 23.9 Å². The molecule has 98 valence electrons. The van der Waals surface area contributed by atoms with Crippen LogP contribution in [0.5, 0.6) is 0 Å². The Labute approximate surface area is 113 Å². The smallest absolute Gasteiger partial charge is 0.241 e. The predicted molar refractivity (Wildman–Crippen MR) is 76.7 cm³/mol. The Bertz CT molecular complexity index is 447. The topological polar surface area (TPSA) is 62.5 Å². The highest BCUT2D eigenvalue weighted by molar-refractivity contribution is 7.80. The molecule has 1 aromatic rings. The van der Waals surface area contributed by atoms with Gasteiger partial charge in [-0.1, -0.05) is 12.2 Å². The van der Waals surface area contributed by atoms with E-state index in [-0.39, 0.29) is 12.5 Å². The summed E-state index contributed by atoms with van der Waals surface area (Å²) in [6, 6.07) is 3.56. The van der Waals surface area contributed by atoms with Crippen LogP contribution in [0.3, 0.4) is 0 Å². The van der Waals surface area contributed by atoms with Crippen LogP contribution in [0.1, 0.15) is 12.5 Å². The van der Waals surface area contributed by atoms with Gasteiger partial charge in [-0.25, -0.2) is 4.98 Å². The molecule has 0 saturated heterocycles. The first kappa shape index (κ1) is 14.4. The van der Waals surface area contributed by atoms with E-state index in [0.717, 1.165) is 5.56 Å². The molecule has 0 aliphatic heterocycles. The van der Waals surface area contributed by atoms with Crippen molar-refractivity contribution in [2.45, 2.75) is 6.92 Å². The maximum atomic E-state index is 11.7. The molecule has 0 aliphatic carbocycles. The van der Waals surface area contributed by atoms with Crippen LogP contribution in [0.4, 0.5) is 5.82 Å². The molecular formula is C12H18N4OS. The van der Waals surface area contributed by atoms with E-state index in [1.54, 1.807) is 37.3 Å². The number of anilines is 1. The van der Waals surface area contributed by atoms with Gasteiger partial charge in [0.2, 0.25) is 5.91 Å². The molecule has 0 spiro atoms. The standard InChI is InChI=1S/C12H18N4OS/c1-4-16(8-11(17)15(2)3)10-7-9(12(13)18)5-6-14-10/h5-7H,4,8H2,1-3H3,(H2,13,18). The second-order valence-corrected chi connectivity index (χ2v) is 4.51. The summed E-state index contributed by atoms with van der Waals surface area (Å²) in [6.07, 6.45) is 1.65. The minimum Gasteiger partial charge on any atom is -0.389 e. The van der Waals surface area contributed by atoms with Crippen molar-refractivity contribution in [3.63, 3.8) is 0 Å². The maximum Gasteiger partial charge on any atom is 0.241 e. The normalized spacial score (nSPS) is 9.94. The van der Waals surface area contributed by atoms with Crippen LogP contribution < -0.4 is 10.6 Å². The number of rotatable bonds is 5. The Balaban J connectivity index is 2.91. The Morgan fingerprint density at radius 2 is 2.17 bits per heavy atom. The lowest BCUT2D eigenvalue weighted by Gasteiger charge is -2.23. The van der Waals surface area contributed by atoms with Crippen LogP contribution in [0.15, 0.2) is 18.3 Å². The number of amides is 1. The third-order valence-corrected chi connectivity index (χ3v) is 2.80. The fraction of sp³-hybridized carbons (Fsp3) is 0.417. The van der Waals surface area contributed by atoms with E-state index < -0.39 is 0 Å². The van der Waals surface area contributed by atoms with Crippen LogP contribution in [0, 0.1) is 0 Å². The first-order chi connectivity index (χ1) is 8.45. The molecule has 1 heterocycles. The number of hydrogen-bond donors (Lipinski definition) is 1. The van der Waals surface area contributed by atoms with E-state index in [1.165, 1.54) is 0 Å². The Morgan fingerprint density at radius 1 is 1.50 bits per heavy atom. The maximum absolute atomic E-state index is 11.7. The van der Waals surface area contributed by atoms with E-state index in [2.05, 4.69) is 4.98 Å². The molecule has 1 amide bonds. The zero-order valence-corrected chi connectivity index (χ0v) is 11.7. The number of carbonyl (C=O) groups is 1. The van der Waals surface area contributed by atoms with Crippen molar-refractivity contribution in [1.29, 1.82) is 0 Å². The van der Waals surface area contributed by atoms with Crippen LogP contribution in [-0.2, 0) is 4.79 Å². The van der Waals surface area contributed by atoms with Gasteiger partial charge in [-0.15, -0.1) is 0 Å². The van der Waals surface area contributed by atoms with Crippen molar-refractivity contribution < 1.29 is 4.79 Å². The van der Waals surface area contributed by atoms with E-state index in [1.807, 2.05) is 11.8 Å². The predicted octanol–water partition coefficient (Wildman–Crippen LogP) is 0.630. The fourth-order valence-corrected chi connectivity index (χ4v) is 1.53. The van der Waals surface area contributed by atoms with Crippen LogP contribution in [0.2, 0.25) is 0 Å². The number of carbonyl (C=O) groups excluding carboxylic acids is 1. The number of nitrogens with two attached hydrogens (primary N) is 1. The zero-order chi connectivity index (χ0) is 13.7. The summed E-state index contributed by atoms with van der Waals surface area (Å²) in [5.41, 5.74) is 6.34. The molecule has 0 fully saturated rings. The molecule has 0 bridgehead atoms. The minimum atomic E-state index is 0.0272. The second kappa shape index (κ2) is 6.30. The van der Waals surface area contributed by atoms with Gasteiger partial charge in [-0.05, 0) is 19.1 Å². The zero-order valence-electron chi connectivity index (χ0n) is 10.9. The minimum absolute atomic E-state index is 0.0272. The van der Waals surface area contributed by atoms with Gasteiger partial charge < -0.3 is 15.5 Å². The summed E-state index contributed by atoms with van der Waals surface area (Å²) in [7, 11) is 3.46. The number of nitrogens with zero attached hydrogens (tertiary/aromatic N) is 3. The van der Waals surface area contributed by atoms with E-state index in [4.69, 9.17) is 18.0 Å². The summed E-state index contributed by atoms with van der Waals surface area (Å²) < 4.78 is 0. The highest BCUT2D eigenvalue weighted by Gasteiger charge is 2.13. The molecule has 5 nitrogen and oxygen atoms in total. The monoisotopic (exact) mass is 266 g/mol. The summed E-state index contributed by atoms with van der Waals surface area (Å²) in [5, 5.41) is 0. The van der Waals surface area contributed by atoms with Crippen molar-refractivity contribution in [1.82, 2.24) is 9.88 Å².